The summed E-state index contributed by atoms with van der Waals surface area (Å²) in [6.07, 6.45) is 2.08. The first-order chi connectivity index (χ1) is 7.24. The summed E-state index contributed by atoms with van der Waals surface area (Å²) in [5.74, 6) is 0.492. The molecule has 0 radical (unpaired) electrons. The average Bonchev–Trinajstić information content (AvgIpc) is 2.22. The van der Waals surface area contributed by atoms with Gasteiger partial charge >= 0.3 is 0 Å². The van der Waals surface area contributed by atoms with Gasteiger partial charge in [0.25, 0.3) is 0 Å². The highest BCUT2D eigenvalue weighted by Crippen LogP contribution is 2.13. The van der Waals surface area contributed by atoms with E-state index in [0.717, 1.165) is 45.8 Å². The van der Waals surface area contributed by atoms with Crippen molar-refractivity contribution in [3.63, 3.8) is 0 Å². The quantitative estimate of drug-likeness (QED) is 0.650. The standard InChI is InChI=1S/C11H24N2O2/c1-13(5-3-6-14-2)8-10-9-15-7-4-11(10)12/h10-11H,3-9,12H2,1-2H3. The highest BCUT2D eigenvalue weighted by molar-refractivity contribution is 4.78. The molecule has 0 bridgehead atoms. The Kier molecular flexibility index (Phi) is 6.17. The van der Waals surface area contributed by atoms with Gasteiger partial charge < -0.3 is 20.1 Å². The molecular formula is C11H24N2O2. The van der Waals surface area contributed by atoms with Crippen molar-refractivity contribution < 1.29 is 9.47 Å². The molecule has 0 aromatic heterocycles. The Bertz CT molecular complexity index is 167. The number of rotatable bonds is 6. The zero-order valence-corrected chi connectivity index (χ0v) is 9.95. The molecule has 0 aromatic rings. The van der Waals surface area contributed by atoms with Gasteiger partial charge in [-0.3, -0.25) is 0 Å². The lowest BCUT2D eigenvalue weighted by Crippen LogP contribution is -2.44. The van der Waals surface area contributed by atoms with Crippen LogP contribution >= 0.6 is 0 Å². The lowest BCUT2D eigenvalue weighted by molar-refractivity contribution is 0.0286. The highest BCUT2D eigenvalue weighted by Gasteiger charge is 2.23. The van der Waals surface area contributed by atoms with Crippen LogP contribution in [0.3, 0.4) is 0 Å². The molecule has 0 aromatic carbocycles. The van der Waals surface area contributed by atoms with Gasteiger partial charge in [-0.25, -0.2) is 0 Å². The zero-order chi connectivity index (χ0) is 11.1. The van der Waals surface area contributed by atoms with Crippen molar-refractivity contribution in [2.75, 3.05) is 47.1 Å². The summed E-state index contributed by atoms with van der Waals surface area (Å²) in [6, 6.07) is 0.309. The maximum Gasteiger partial charge on any atom is 0.0521 e. The third-order valence-electron chi connectivity index (χ3n) is 2.97. The predicted molar refractivity (Wildman–Crippen MR) is 60.9 cm³/mol. The Labute approximate surface area is 92.7 Å². The van der Waals surface area contributed by atoms with Gasteiger partial charge in [0, 0.05) is 45.4 Å². The van der Waals surface area contributed by atoms with Crippen LogP contribution in [-0.2, 0) is 9.47 Å². The molecule has 90 valence electrons. The summed E-state index contributed by atoms with van der Waals surface area (Å²) in [7, 11) is 3.88. The molecule has 4 heteroatoms. The Balaban J connectivity index is 2.15. The van der Waals surface area contributed by atoms with Gasteiger partial charge in [0.15, 0.2) is 0 Å². The molecule has 0 spiro atoms. The van der Waals surface area contributed by atoms with Crippen LogP contribution in [0.1, 0.15) is 12.8 Å². The van der Waals surface area contributed by atoms with Gasteiger partial charge in [-0.15, -0.1) is 0 Å². The van der Waals surface area contributed by atoms with Crippen LogP contribution in [-0.4, -0.2) is 58.0 Å². The summed E-state index contributed by atoms with van der Waals surface area (Å²) in [6.45, 7) is 4.57. The molecule has 1 rings (SSSR count). The Hall–Kier alpha value is -0.160. The highest BCUT2D eigenvalue weighted by atomic mass is 16.5. The summed E-state index contributed by atoms with van der Waals surface area (Å²) in [5.41, 5.74) is 6.05. The van der Waals surface area contributed by atoms with Crippen molar-refractivity contribution in [3.05, 3.63) is 0 Å². The minimum Gasteiger partial charge on any atom is -0.385 e. The second-order valence-electron chi connectivity index (χ2n) is 4.40. The van der Waals surface area contributed by atoms with Crippen LogP contribution in [0, 0.1) is 5.92 Å². The summed E-state index contributed by atoms with van der Waals surface area (Å²) < 4.78 is 10.5. The van der Waals surface area contributed by atoms with Gasteiger partial charge in [-0.2, -0.15) is 0 Å². The summed E-state index contributed by atoms with van der Waals surface area (Å²) in [5, 5.41) is 0. The second kappa shape index (κ2) is 7.17. The maximum atomic E-state index is 6.05. The largest absolute Gasteiger partial charge is 0.385 e. The number of hydrogen-bond acceptors (Lipinski definition) is 4. The van der Waals surface area contributed by atoms with E-state index in [1.165, 1.54) is 0 Å². The van der Waals surface area contributed by atoms with Gasteiger partial charge in [0.1, 0.15) is 0 Å². The molecule has 0 amide bonds. The third kappa shape index (κ3) is 4.93. The molecule has 0 aliphatic carbocycles. The molecule has 2 unspecified atom stereocenters. The summed E-state index contributed by atoms with van der Waals surface area (Å²) >= 11 is 0. The van der Waals surface area contributed by atoms with Crippen LogP contribution in [0.5, 0.6) is 0 Å². The molecule has 1 saturated heterocycles. The first kappa shape index (κ1) is 12.9. The normalized spacial score (nSPS) is 27.2. The second-order valence-corrected chi connectivity index (χ2v) is 4.40. The fourth-order valence-corrected chi connectivity index (χ4v) is 1.97. The molecule has 2 atom stereocenters. The van der Waals surface area contributed by atoms with Gasteiger partial charge in [-0.05, 0) is 19.9 Å². The van der Waals surface area contributed by atoms with Crippen molar-refractivity contribution in [3.8, 4) is 0 Å². The average molecular weight is 216 g/mol. The van der Waals surface area contributed by atoms with Crippen LogP contribution in [0.4, 0.5) is 0 Å². The van der Waals surface area contributed by atoms with Crippen LogP contribution in [0.15, 0.2) is 0 Å². The number of nitrogens with two attached hydrogens (primary N) is 1. The van der Waals surface area contributed by atoms with E-state index in [2.05, 4.69) is 11.9 Å². The fraction of sp³-hybridized carbons (Fsp3) is 1.00. The lowest BCUT2D eigenvalue weighted by Gasteiger charge is -2.31. The SMILES string of the molecule is COCCCN(C)CC1COCCC1N. The van der Waals surface area contributed by atoms with E-state index in [1.54, 1.807) is 7.11 Å². The molecule has 1 fully saturated rings. The van der Waals surface area contributed by atoms with Crippen molar-refractivity contribution in [1.82, 2.24) is 4.90 Å². The van der Waals surface area contributed by atoms with Gasteiger partial charge in [-0.1, -0.05) is 0 Å². The van der Waals surface area contributed by atoms with Gasteiger partial charge in [0.2, 0.25) is 0 Å². The van der Waals surface area contributed by atoms with E-state index >= 15 is 0 Å². The lowest BCUT2D eigenvalue weighted by atomic mass is 9.96. The molecule has 1 aliphatic rings. The molecule has 0 saturated carbocycles. The Morgan fingerprint density at radius 3 is 3.00 bits per heavy atom. The summed E-state index contributed by atoms with van der Waals surface area (Å²) in [4.78, 5) is 2.32. The molecule has 2 N–H and O–H groups in total. The Morgan fingerprint density at radius 2 is 2.33 bits per heavy atom. The fourth-order valence-electron chi connectivity index (χ4n) is 1.97. The molecule has 1 heterocycles. The predicted octanol–water partition coefficient (Wildman–Crippen LogP) is 0.319. The Morgan fingerprint density at radius 1 is 1.53 bits per heavy atom. The number of methoxy groups -OCH3 is 1. The smallest absolute Gasteiger partial charge is 0.0521 e. The number of nitrogens with zero attached hydrogens (tertiary/aromatic N) is 1. The first-order valence-electron chi connectivity index (χ1n) is 5.75. The van der Waals surface area contributed by atoms with E-state index < -0.39 is 0 Å². The molecule has 4 nitrogen and oxygen atoms in total. The number of hydrogen-bond donors (Lipinski definition) is 1. The monoisotopic (exact) mass is 216 g/mol. The molecule has 1 aliphatic heterocycles. The molecular weight excluding hydrogens is 192 g/mol. The van der Waals surface area contributed by atoms with Crippen molar-refractivity contribution in [1.29, 1.82) is 0 Å². The van der Waals surface area contributed by atoms with E-state index in [4.69, 9.17) is 15.2 Å². The van der Waals surface area contributed by atoms with Crippen LogP contribution in [0.2, 0.25) is 0 Å². The van der Waals surface area contributed by atoms with Crippen molar-refractivity contribution >= 4 is 0 Å². The van der Waals surface area contributed by atoms with Crippen molar-refractivity contribution in [2.45, 2.75) is 18.9 Å². The zero-order valence-electron chi connectivity index (χ0n) is 9.95. The number of ether oxygens (including phenoxy) is 2. The van der Waals surface area contributed by atoms with Crippen LogP contribution < -0.4 is 5.73 Å². The third-order valence-corrected chi connectivity index (χ3v) is 2.97. The van der Waals surface area contributed by atoms with Gasteiger partial charge in [0.05, 0.1) is 6.61 Å². The van der Waals surface area contributed by atoms with E-state index in [-0.39, 0.29) is 0 Å². The van der Waals surface area contributed by atoms with Crippen molar-refractivity contribution in [2.24, 2.45) is 11.7 Å². The topological polar surface area (TPSA) is 47.7 Å². The minimum absolute atomic E-state index is 0.309. The first-order valence-corrected chi connectivity index (χ1v) is 5.75. The minimum atomic E-state index is 0.309. The van der Waals surface area contributed by atoms with E-state index in [1.807, 2.05) is 0 Å². The van der Waals surface area contributed by atoms with E-state index in [9.17, 15) is 0 Å². The van der Waals surface area contributed by atoms with E-state index in [0.29, 0.717) is 12.0 Å². The van der Waals surface area contributed by atoms with Crippen LogP contribution in [0.25, 0.3) is 0 Å². The maximum absolute atomic E-state index is 6.05. The molecule has 15 heavy (non-hydrogen) atoms.